The van der Waals surface area contributed by atoms with Crippen molar-refractivity contribution in [1.29, 1.82) is 0 Å². The average molecular weight is 565 g/mol. The zero-order valence-electron chi connectivity index (χ0n) is 19.6. The number of para-hydroxylation sites is 2. The molecule has 0 unspecified atom stereocenters. The number of nitrogens with one attached hydrogen (secondary N) is 2. The molecule has 0 bridgehead atoms. The number of hydrogen-bond acceptors (Lipinski definition) is 5. The average Bonchev–Trinajstić information content (AvgIpc) is 2.93. The van der Waals surface area contributed by atoms with Gasteiger partial charge in [0.25, 0.3) is 11.5 Å². The fourth-order valence-corrected chi connectivity index (χ4v) is 4.84. The first kappa shape index (κ1) is 23.5. The number of fused-ring (bicyclic) bond motifs is 3. The first-order valence-electron chi connectivity index (χ1n) is 11.6. The van der Waals surface area contributed by atoms with Gasteiger partial charge in [-0.3, -0.25) is 19.7 Å². The summed E-state index contributed by atoms with van der Waals surface area (Å²) in [5, 5.41) is 3.32. The minimum Gasteiger partial charge on any atom is -0.354 e. The first-order valence-corrected chi connectivity index (χ1v) is 12.4. The van der Waals surface area contributed by atoms with E-state index in [4.69, 9.17) is 0 Å². The van der Waals surface area contributed by atoms with Crippen LogP contribution in [0.5, 0.6) is 0 Å². The van der Waals surface area contributed by atoms with Crippen LogP contribution in [-0.2, 0) is 0 Å². The molecule has 0 saturated carbocycles. The van der Waals surface area contributed by atoms with Crippen LogP contribution in [0.2, 0.25) is 0 Å². The van der Waals surface area contributed by atoms with E-state index in [1.165, 1.54) is 6.07 Å². The summed E-state index contributed by atoms with van der Waals surface area (Å²) in [5.41, 5.74) is 1.01. The lowest BCUT2D eigenvalue weighted by atomic mass is 10.1. The number of imide groups is 1. The standard InChI is InChI=1S/C29H17BrN4O4/c30-17-13-14-23-21(15-17)28(37)34(26(32-23)16-7-2-1-3-8-16)29(38)33-27(36)20-11-6-10-19-24(20)31-22-12-5-4-9-18(22)25(19)35/h1-15H,(H,31,35)(H,33,36,38). The van der Waals surface area contributed by atoms with E-state index < -0.39 is 17.5 Å². The largest absolute Gasteiger partial charge is 0.354 e. The predicted molar refractivity (Wildman–Crippen MR) is 149 cm³/mol. The number of H-pyrrole nitrogens is 1. The van der Waals surface area contributed by atoms with Gasteiger partial charge in [0.15, 0.2) is 11.3 Å². The molecule has 6 aromatic rings. The Balaban J connectivity index is 1.48. The van der Waals surface area contributed by atoms with E-state index in [0.717, 1.165) is 4.57 Å². The summed E-state index contributed by atoms with van der Waals surface area (Å²) < 4.78 is 1.50. The molecule has 0 spiro atoms. The Labute approximate surface area is 222 Å². The van der Waals surface area contributed by atoms with Crippen LogP contribution >= 0.6 is 15.9 Å². The second-order valence-electron chi connectivity index (χ2n) is 8.59. The first-order chi connectivity index (χ1) is 18.4. The number of aromatic nitrogens is 3. The lowest BCUT2D eigenvalue weighted by Gasteiger charge is -2.14. The Morgan fingerprint density at radius 1 is 0.816 bits per heavy atom. The fourth-order valence-electron chi connectivity index (χ4n) is 4.48. The van der Waals surface area contributed by atoms with Crippen molar-refractivity contribution < 1.29 is 9.59 Å². The van der Waals surface area contributed by atoms with Gasteiger partial charge in [0.1, 0.15) is 0 Å². The minimum absolute atomic E-state index is 0.0875. The van der Waals surface area contributed by atoms with Crippen LogP contribution < -0.4 is 16.3 Å². The maximum absolute atomic E-state index is 13.5. The van der Waals surface area contributed by atoms with E-state index in [1.54, 1.807) is 84.9 Å². The molecule has 6 rings (SSSR count). The molecule has 2 N–H and O–H groups in total. The number of benzene rings is 4. The van der Waals surface area contributed by atoms with Gasteiger partial charge < -0.3 is 4.98 Å². The quantitative estimate of drug-likeness (QED) is 0.280. The summed E-state index contributed by atoms with van der Waals surface area (Å²) in [6.45, 7) is 0. The van der Waals surface area contributed by atoms with Crippen molar-refractivity contribution in [2.75, 3.05) is 0 Å². The van der Waals surface area contributed by atoms with Gasteiger partial charge in [0.05, 0.1) is 22.0 Å². The van der Waals surface area contributed by atoms with Gasteiger partial charge in [-0.25, -0.2) is 14.3 Å². The summed E-state index contributed by atoms with van der Waals surface area (Å²) in [6.07, 6.45) is 0. The molecule has 0 aliphatic rings. The lowest BCUT2D eigenvalue weighted by Crippen LogP contribution is -2.41. The van der Waals surface area contributed by atoms with Crippen molar-refractivity contribution in [3.63, 3.8) is 0 Å². The second kappa shape index (κ2) is 9.20. The number of aromatic amines is 1. The van der Waals surface area contributed by atoms with Crippen LogP contribution in [0.25, 0.3) is 44.1 Å². The number of halogens is 1. The van der Waals surface area contributed by atoms with Crippen molar-refractivity contribution in [2.45, 2.75) is 0 Å². The molecule has 2 heterocycles. The van der Waals surface area contributed by atoms with Crippen LogP contribution in [0.4, 0.5) is 4.79 Å². The lowest BCUT2D eigenvalue weighted by molar-refractivity contribution is 0.0965. The molecular formula is C29H17BrN4O4. The van der Waals surface area contributed by atoms with Gasteiger partial charge in [-0.2, -0.15) is 0 Å². The molecule has 0 saturated heterocycles. The summed E-state index contributed by atoms with van der Waals surface area (Å²) in [5.74, 6) is -0.681. The van der Waals surface area contributed by atoms with Crippen molar-refractivity contribution in [1.82, 2.24) is 19.9 Å². The molecule has 184 valence electrons. The molecule has 0 radical (unpaired) electrons. The zero-order chi connectivity index (χ0) is 26.4. The number of amides is 2. The molecule has 4 aromatic carbocycles. The van der Waals surface area contributed by atoms with Gasteiger partial charge in [-0.1, -0.05) is 64.5 Å². The van der Waals surface area contributed by atoms with Gasteiger partial charge in [-0.15, -0.1) is 0 Å². The Bertz CT molecular complexity index is 2050. The monoisotopic (exact) mass is 564 g/mol. The summed E-state index contributed by atoms with van der Waals surface area (Å²) >= 11 is 3.35. The highest BCUT2D eigenvalue weighted by molar-refractivity contribution is 9.10. The van der Waals surface area contributed by atoms with E-state index in [-0.39, 0.29) is 27.7 Å². The molecule has 9 heteroatoms. The number of carbonyl (C=O) groups is 2. The molecule has 2 aromatic heterocycles. The topological polar surface area (TPSA) is 114 Å². The van der Waals surface area contributed by atoms with E-state index in [2.05, 4.69) is 31.2 Å². The Morgan fingerprint density at radius 3 is 2.37 bits per heavy atom. The van der Waals surface area contributed by atoms with Crippen molar-refractivity contribution in [2.24, 2.45) is 0 Å². The SMILES string of the molecule is O=C(NC(=O)n1c(-c2ccccc2)nc2ccc(Br)cc2c1=O)c1cccc2c(=O)c3ccccc3[nH]c12. The number of hydrogen-bond donors (Lipinski definition) is 2. The van der Waals surface area contributed by atoms with E-state index >= 15 is 0 Å². The van der Waals surface area contributed by atoms with Crippen LogP contribution in [0.15, 0.2) is 105 Å². The van der Waals surface area contributed by atoms with E-state index in [0.29, 0.717) is 31.8 Å². The molecule has 0 aliphatic heterocycles. The molecule has 8 nitrogen and oxygen atoms in total. The third-order valence-corrected chi connectivity index (χ3v) is 6.76. The van der Waals surface area contributed by atoms with Crippen LogP contribution in [0.3, 0.4) is 0 Å². The van der Waals surface area contributed by atoms with Crippen molar-refractivity contribution in [3.05, 3.63) is 122 Å². The van der Waals surface area contributed by atoms with E-state index in [9.17, 15) is 19.2 Å². The molecule has 38 heavy (non-hydrogen) atoms. The number of carbonyl (C=O) groups excluding carboxylic acids is 2. The van der Waals surface area contributed by atoms with Gasteiger partial charge in [0.2, 0.25) is 0 Å². The second-order valence-corrected chi connectivity index (χ2v) is 9.51. The zero-order valence-corrected chi connectivity index (χ0v) is 21.2. The molecule has 0 atom stereocenters. The molecule has 0 fully saturated rings. The number of pyridine rings is 1. The Morgan fingerprint density at radius 2 is 1.55 bits per heavy atom. The molecular weight excluding hydrogens is 548 g/mol. The maximum atomic E-state index is 13.5. The summed E-state index contributed by atoms with van der Waals surface area (Å²) in [6, 6.07) is 24.5. The van der Waals surface area contributed by atoms with Crippen LogP contribution in [0, 0.1) is 0 Å². The number of nitrogens with zero attached hydrogens (tertiary/aromatic N) is 2. The minimum atomic E-state index is -0.964. The number of rotatable bonds is 2. The smallest absolute Gasteiger partial charge is 0.337 e. The van der Waals surface area contributed by atoms with Gasteiger partial charge in [-0.05, 0) is 42.5 Å². The normalized spacial score (nSPS) is 11.2. The van der Waals surface area contributed by atoms with Crippen molar-refractivity contribution in [3.8, 4) is 11.4 Å². The Kier molecular flexibility index (Phi) is 5.69. The van der Waals surface area contributed by atoms with Crippen LogP contribution in [-0.4, -0.2) is 26.5 Å². The summed E-state index contributed by atoms with van der Waals surface area (Å²) in [4.78, 5) is 61.1. The third-order valence-electron chi connectivity index (χ3n) is 6.27. The fraction of sp³-hybridized carbons (Fsp3) is 0. The Hall–Kier alpha value is -4.89. The van der Waals surface area contributed by atoms with Gasteiger partial charge in [0, 0.05) is 26.3 Å². The molecule has 2 amide bonds. The summed E-state index contributed by atoms with van der Waals surface area (Å²) in [7, 11) is 0. The highest BCUT2D eigenvalue weighted by Gasteiger charge is 2.22. The van der Waals surface area contributed by atoms with Crippen molar-refractivity contribution >= 4 is 60.6 Å². The van der Waals surface area contributed by atoms with Crippen LogP contribution in [0.1, 0.15) is 10.4 Å². The van der Waals surface area contributed by atoms with E-state index in [1.807, 2.05) is 0 Å². The third kappa shape index (κ3) is 3.89. The highest BCUT2D eigenvalue weighted by Crippen LogP contribution is 2.22. The highest BCUT2D eigenvalue weighted by atomic mass is 79.9. The maximum Gasteiger partial charge on any atom is 0.337 e. The molecule has 0 aliphatic carbocycles. The predicted octanol–water partition coefficient (Wildman–Crippen LogP) is 5.22. The van der Waals surface area contributed by atoms with Gasteiger partial charge >= 0.3 is 6.03 Å².